The number of hydrogen-bond acceptors (Lipinski definition) is 2. The molecular weight excluding hydrogens is 276 g/mol. The van der Waals surface area contributed by atoms with Crippen molar-refractivity contribution >= 4 is 23.2 Å². The summed E-state index contributed by atoms with van der Waals surface area (Å²) in [6, 6.07) is 7.68. The van der Waals surface area contributed by atoms with E-state index in [4.69, 9.17) is 0 Å². The maximum Gasteiger partial charge on any atom is 0.227 e. The number of carbonyl (C=O) groups excluding carboxylic acids is 2. The van der Waals surface area contributed by atoms with Gasteiger partial charge in [-0.2, -0.15) is 0 Å². The highest BCUT2D eigenvalue weighted by Gasteiger charge is 2.43. The SMILES string of the molecule is O=C(Nc1ccccc1N1CCCC1=O)C1CC2CCC1C2. The summed E-state index contributed by atoms with van der Waals surface area (Å²) in [5, 5.41) is 3.10. The summed E-state index contributed by atoms with van der Waals surface area (Å²) >= 11 is 0. The van der Waals surface area contributed by atoms with Crippen LogP contribution in [0.25, 0.3) is 0 Å². The molecule has 4 nitrogen and oxygen atoms in total. The Labute approximate surface area is 130 Å². The van der Waals surface area contributed by atoms with Crippen molar-refractivity contribution in [2.45, 2.75) is 38.5 Å². The first kappa shape index (κ1) is 13.8. The molecule has 0 aromatic heterocycles. The van der Waals surface area contributed by atoms with E-state index < -0.39 is 0 Å². The summed E-state index contributed by atoms with van der Waals surface area (Å²) in [4.78, 5) is 26.4. The van der Waals surface area contributed by atoms with Gasteiger partial charge in [0, 0.05) is 18.9 Å². The van der Waals surface area contributed by atoms with Crippen LogP contribution in [0.15, 0.2) is 24.3 Å². The first-order chi connectivity index (χ1) is 10.7. The van der Waals surface area contributed by atoms with E-state index in [-0.39, 0.29) is 17.7 Å². The summed E-state index contributed by atoms with van der Waals surface area (Å²) in [7, 11) is 0. The lowest BCUT2D eigenvalue weighted by Crippen LogP contribution is -2.29. The molecule has 3 aliphatic rings. The first-order valence-electron chi connectivity index (χ1n) is 8.42. The van der Waals surface area contributed by atoms with Gasteiger partial charge < -0.3 is 10.2 Å². The second kappa shape index (κ2) is 5.41. The average molecular weight is 298 g/mol. The van der Waals surface area contributed by atoms with E-state index in [2.05, 4.69) is 5.32 Å². The van der Waals surface area contributed by atoms with E-state index in [1.54, 1.807) is 4.90 Å². The number of rotatable bonds is 3. The van der Waals surface area contributed by atoms with Crippen LogP contribution in [0.2, 0.25) is 0 Å². The number of hydrogen-bond donors (Lipinski definition) is 1. The second-order valence-electron chi connectivity index (χ2n) is 6.94. The molecule has 3 unspecified atom stereocenters. The lowest BCUT2D eigenvalue weighted by Gasteiger charge is -2.24. The van der Waals surface area contributed by atoms with Gasteiger partial charge in [0.25, 0.3) is 0 Å². The molecule has 1 aromatic rings. The number of carbonyl (C=O) groups is 2. The summed E-state index contributed by atoms with van der Waals surface area (Å²) < 4.78 is 0. The van der Waals surface area contributed by atoms with E-state index in [0.717, 1.165) is 36.7 Å². The quantitative estimate of drug-likeness (QED) is 0.931. The molecule has 22 heavy (non-hydrogen) atoms. The topological polar surface area (TPSA) is 49.4 Å². The molecule has 0 radical (unpaired) electrons. The van der Waals surface area contributed by atoms with Gasteiger partial charge in [0.05, 0.1) is 11.4 Å². The third-order valence-corrected chi connectivity index (χ3v) is 5.60. The van der Waals surface area contributed by atoms with Gasteiger partial charge in [-0.15, -0.1) is 0 Å². The minimum Gasteiger partial charge on any atom is -0.324 e. The second-order valence-corrected chi connectivity index (χ2v) is 6.94. The molecule has 3 fully saturated rings. The number of benzene rings is 1. The van der Waals surface area contributed by atoms with Crippen LogP contribution in [0, 0.1) is 17.8 Å². The molecule has 0 spiro atoms. The molecule has 116 valence electrons. The van der Waals surface area contributed by atoms with Crippen molar-refractivity contribution in [3.05, 3.63) is 24.3 Å². The minimum atomic E-state index is 0.145. The van der Waals surface area contributed by atoms with Gasteiger partial charge >= 0.3 is 0 Å². The van der Waals surface area contributed by atoms with Crippen LogP contribution in [0.1, 0.15) is 38.5 Å². The van der Waals surface area contributed by atoms with E-state index in [9.17, 15) is 9.59 Å². The number of para-hydroxylation sites is 2. The maximum atomic E-state index is 12.6. The highest BCUT2D eigenvalue weighted by Crippen LogP contribution is 2.48. The van der Waals surface area contributed by atoms with Gasteiger partial charge in [0.15, 0.2) is 0 Å². The summed E-state index contributed by atoms with van der Waals surface area (Å²) in [5.74, 6) is 1.80. The maximum absolute atomic E-state index is 12.6. The predicted octanol–water partition coefficient (Wildman–Crippen LogP) is 3.19. The molecule has 2 aliphatic carbocycles. The molecule has 4 heteroatoms. The molecule has 2 amide bonds. The lowest BCUT2D eigenvalue weighted by atomic mass is 9.88. The molecule has 2 bridgehead atoms. The Balaban J connectivity index is 1.53. The molecule has 3 atom stereocenters. The summed E-state index contributed by atoms with van der Waals surface area (Å²) in [6.45, 7) is 0.750. The van der Waals surface area contributed by atoms with Crippen molar-refractivity contribution in [1.29, 1.82) is 0 Å². The van der Waals surface area contributed by atoms with Crippen LogP contribution in [0.5, 0.6) is 0 Å². The number of anilines is 2. The van der Waals surface area contributed by atoms with Crippen molar-refractivity contribution in [3.8, 4) is 0 Å². The van der Waals surface area contributed by atoms with Crippen LogP contribution in [0.3, 0.4) is 0 Å². The van der Waals surface area contributed by atoms with E-state index in [0.29, 0.717) is 12.3 Å². The van der Waals surface area contributed by atoms with Gasteiger partial charge in [-0.25, -0.2) is 0 Å². The monoisotopic (exact) mass is 298 g/mol. The molecule has 1 saturated heterocycles. The third kappa shape index (κ3) is 2.31. The fourth-order valence-electron chi connectivity index (χ4n) is 4.51. The van der Waals surface area contributed by atoms with Crippen LogP contribution in [0.4, 0.5) is 11.4 Å². The van der Waals surface area contributed by atoms with Crippen molar-refractivity contribution in [1.82, 2.24) is 0 Å². The summed E-state index contributed by atoms with van der Waals surface area (Å²) in [6.07, 6.45) is 6.27. The van der Waals surface area contributed by atoms with E-state index in [1.165, 1.54) is 19.3 Å². The van der Waals surface area contributed by atoms with Crippen LogP contribution < -0.4 is 10.2 Å². The zero-order valence-corrected chi connectivity index (χ0v) is 12.8. The Morgan fingerprint density at radius 3 is 2.73 bits per heavy atom. The normalized spacial score (nSPS) is 30.1. The number of nitrogens with zero attached hydrogens (tertiary/aromatic N) is 1. The highest BCUT2D eigenvalue weighted by molar-refractivity contribution is 6.02. The van der Waals surface area contributed by atoms with Gasteiger partial charge in [-0.05, 0) is 49.7 Å². The molecule has 2 saturated carbocycles. The zero-order chi connectivity index (χ0) is 15.1. The standard InChI is InChI=1S/C18H22N2O2/c21-17-6-3-9-20(17)16-5-2-1-4-15(16)19-18(22)14-11-12-7-8-13(14)10-12/h1-2,4-5,12-14H,3,6-11H2,(H,19,22). The smallest absolute Gasteiger partial charge is 0.227 e. The largest absolute Gasteiger partial charge is 0.324 e. The first-order valence-corrected chi connectivity index (χ1v) is 8.42. The zero-order valence-electron chi connectivity index (χ0n) is 12.8. The molecule has 1 aliphatic heterocycles. The molecular formula is C18H22N2O2. The van der Waals surface area contributed by atoms with Crippen molar-refractivity contribution in [3.63, 3.8) is 0 Å². The fraction of sp³-hybridized carbons (Fsp3) is 0.556. The third-order valence-electron chi connectivity index (χ3n) is 5.60. The molecule has 1 aromatic carbocycles. The van der Waals surface area contributed by atoms with Crippen LogP contribution in [-0.2, 0) is 9.59 Å². The van der Waals surface area contributed by atoms with Crippen molar-refractivity contribution in [2.75, 3.05) is 16.8 Å². The van der Waals surface area contributed by atoms with Crippen molar-refractivity contribution in [2.24, 2.45) is 17.8 Å². The Morgan fingerprint density at radius 2 is 2.05 bits per heavy atom. The minimum absolute atomic E-state index is 0.145. The molecule has 1 heterocycles. The van der Waals surface area contributed by atoms with Gasteiger partial charge in [-0.1, -0.05) is 18.6 Å². The Bertz CT molecular complexity index is 613. The highest BCUT2D eigenvalue weighted by atomic mass is 16.2. The Morgan fingerprint density at radius 1 is 1.18 bits per heavy atom. The molecule has 1 N–H and O–H groups in total. The van der Waals surface area contributed by atoms with Crippen LogP contribution in [-0.4, -0.2) is 18.4 Å². The lowest BCUT2D eigenvalue weighted by molar-refractivity contribution is -0.121. The predicted molar refractivity (Wildman–Crippen MR) is 85.6 cm³/mol. The number of fused-ring (bicyclic) bond motifs is 2. The van der Waals surface area contributed by atoms with E-state index in [1.807, 2.05) is 24.3 Å². The average Bonchev–Trinajstić information content (AvgIpc) is 3.24. The fourth-order valence-corrected chi connectivity index (χ4v) is 4.51. The van der Waals surface area contributed by atoms with Gasteiger partial charge in [-0.3, -0.25) is 9.59 Å². The Hall–Kier alpha value is -1.84. The Kier molecular flexibility index (Phi) is 3.40. The van der Waals surface area contributed by atoms with Gasteiger partial charge in [0.2, 0.25) is 11.8 Å². The summed E-state index contributed by atoms with van der Waals surface area (Å²) in [5.41, 5.74) is 1.63. The number of nitrogens with one attached hydrogen (secondary N) is 1. The van der Waals surface area contributed by atoms with Crippen molar-refractivity contribution < 1.29 is 9.59 Å². The van der Waals surface area contributed by atoms with Gasteiger partial charge in [0.1, 0.15) is 0 Å². The van der Waals surface area contributed by atoms with E-state index >= 15 is 0 Å². The number of amides is 2. The molecule has 4 rings (SSSR count). The van der Waals surface area contributed by atoms with Crippen LogP contribution >= 0.6 is 0 Å².